The van der Waals surface area contributed by atoms with E-state index in [0.29, 0.717) is 18.0 Å². The molecule has 82 valence electrons. The molecule has 14 heavy (non-hydrogen) atoms. The summed E-state index contributed by atoms with van der Waals surface area (Å²) in [6.45, 7) is 5.17. The fourth-order valence-electron chi connectivity index (χ4n) is 0.965. The van der Waals surface area contributed by atoms with Crippen molar-refractivity contribution in [2.75, 3.05) is 19.7 Å². The molecule has 0 aliphatic rings. The summed E-state index contributed by atoms with van der Waals surface area (Å²) in [6.07, 6.45) is 2.42. The Kier molecular flexibility index (Phi) is 7.06. The molecule has 0 aliphatic carbocycles. The third-order valence-corrected chi connectivity index (χ3v) is 2.00. The Bertz CT molecular complexity index is 202. The van der Waals surface area contributed by atoms with Crippen molar-refractivity contribution in [1.82, 2.24) is 5.32 Å². The Morgan fingerprint density at radius 1 is 1.57 bits per heavy atom. The Morgan fingerprint density at radius 2 is 2.21 bits per heavy atom. The van der Waals surface area contributed by atoms with Crippen LogP contribution in [0.2, 0.25) is 0 Å². The number of aliphatic hydroxyl groups excluding tert-OH is 1. The predicted octanol–water partition coefficient (Wildman–Crippen LogP) is 0.625. The number of carbonyl (C=O) groups is 1. The lowest BCUT2D eigenvalue weighted by atomic mass is 10.1. The summed E-state index contributed by atoms with van der Waals surface area (Å²) in [5.41, 5.74) is 0.354. The van der Waals surface area contributed by atoms with E-state index in [1.165, 1.54) is 0 Å². The van der Waals surface area contributed by atoms with Gasteiger partial charge in [0, 0.05) is 18.7 Å². The summed E-state index contributed by atoms with van der Waals surface area (Å²) < 4.78 is 0. The monoisotopic (exact) mass is 201 g/mol. The van der Waals surface area contributed by atoms with Crippen LogP contribution in [0.15, 0.2) is 11.6 Å². The number of hydrogen-bond donors (Lipinski definition) is 3. The molecule has 0 aromatic heterocycles. The summed E-state index contributed by atoms with van der Waals surface area (Å²) in [5.74, 6) is -0.464. The van der Waals surface area contributed by atoms with E-state index < -0.39 is 5.97 Å². The molecule has 1 unspecified atom stereocenters. The third kappa shape index (κ3) is 6.62. The molecule has 0 saturated carbocycles. The molecule has 4 heteroatoms. The van der Waals surface area contributed by atoms with Crippen molar-refractivity contribution in [3.63, 3.8) is 0 Å². The van der Waals surface area contributed by atoms with Crippen molar-refractivity contribution in [1.29, 1.82) is 0 Å². The van der Waals surface area contributed by atoms with Gasteiger partial charge in [-0.2, -0.15) is 0 Å². The van der Waals surface area contributed by atoms with Crippen molar-refractivity contribution < 1.29 is 15.0 Å². The molecule has 0 spiro atoms. The topological polar surface area (TPSA) is 69.6 Å². The maximum atomic E-state index is 10.4. The molecule has 0 saturated heterocycles. The number of carboxylic acids is 1. The molecule has 0 heterocycles. The van der Waals surface area contributed by atoms with Crippen LogP contribution in [0.5, 0.6) is 0 Å². The fraction of sp³-hybridized carbons (Fsp3) is 0.700. The minimum atomic E-state index is -0.879. The molecule has 3 N–H and O–H groups in total. The molecule has 0 fully saturated rings. The highest BCUT2D eigenvalue weighted by Crippen LogP contribution is 1.97. The molecular formula is C10H19NO3. The second-order valence-electron chi connectivity index (χ2n) is 3.47. The van der Waals surface area contributed by atoms with Crippen LogP contribution in [0.25, 0.3) is 0 Å². The van der Waals surface area contributed by atoms with E-state index >= 15 is 0 Å². The highest BCUT2D eigenvalue weighted by atomic mass is 16.4. The van der Waals surface area contributed by atoms with E-state index in [-0.39, 0.29) is 6.61 Å². The number of hydrogen-bond acceptors (Lipinski definition) is 3. The van der Waals surface area contributed by atoms with Crippen LogP contribution in [0.4, 0.5) is 0 Å². The third-order valence-electron chi connectivity index (χ3n) is 2.00. The van der Waals surface area contributed by atoms with E-state index in [0.717, 1.165) is 13.0 Å². The van der Waals surface area contributed by atoms with Crippen molar-refractivity contribution in [2.45, 2.75) is 20.3 Å². The van der Waals surface area contributed by atoms with E-state index in [1.54, 1.807) is 13.0 Å². The number of carboxylic acid groups (broad SMARTS) is 1. The molecular weight excluding hydrogens is 182 g/mol. The van der Waals surface area contributed by atoms with Gasteiger partial charge in [-0.1, -0.05) is 13.0 Å². The average molecular weight is 201 g/mol. The van der Waals surface area contributed by atoms with Gasteiger partial charge in [0.1, 0.15) is 0 Å². The van der Waals surface area contributed by atoms with Crippen LogP contribution in [0, 0.1) is 5.92 Å². The number of aliphatic carboxylic acids is 1. The minimum absolute atomic E-state index is 0.201. The van der Waals surface area contributed by atoms with E-state index in [4.69, 9.17) is 10.2 Å². The molecule has 1 atom stereocenters. The Labute approximate surface area is 84.6 Å². The lowest BCUT2D eigenvalue weighted by molar-refractivity contribution is -0.132. The maximum Gasteiger partial charge on any atom is 0.330 e. The first-order valence-corrected chi connectivity index (χ1v) is 4.79. The van der Waals surface area contributed by atoms with Crippen LogP contribution < -0.4 is 5.32 Å². The van der Waals surface area contributed by atoms with Gasteiger partial charge < -0.3 is 15.5 Å². The number of nitrogens with one attached hydrogen (secondary N) is 1. The van der Waals surface area contributed by atoms with E-state index in [2.05, 4.69) is 5.32 Å². The number of aliphatic hydroxyl groups is 1. The van der Waals surface area contributed by atoms with Crippen LogP contribution in [-0.2, 0) is 4.79 Å². The lowest BCUT2D eigenvalue weighted by Gasteiger charge is -2.09. The van der Waals surface area contributed by atoms with E-state index in [9.17, 15) is 4.79 Å². The van der Waals surface area contributed by atoms with Crippen molar-refractivity contribution in [2.24, 2.45) is 5.92 Å². The van der Waals surface area contributed by atoms with Gasteiger partial charge >= 0.3 is 5.97 Å². The molecule has 0 bridgehead atoms. The first-order chi connectivity index (χ1) is 6.57. The van der Waals surface area contributed by atoms with Crippen LogP contribution in [0.3, 0.4) is 0 Å². The Hall–Kier alpha value is -0.870. The summed E-state index contributed by atoms with van der Waals surface area (Å²) in [4.78, 5) is 10.4. The predicted molar refractivity (Wildman–Crippen MR) is 55.1 cm³/mol. The molecule has 0 aromatic rings. The second kappa shape index (κ2) is 7.53. The summed E-state index contributed by atoms with van der Waals surface area (Å²) in [7, 11) is 0. The Morgan fingerprint density at radius 3 is 2.71 bits per heavy atom. The number of rotatable bonds is 7. The van der Waals surface area contributed by atoms with Crippen molar-refractivity contribution in [3.8, 4) is 0 Å². The SMILES string of the molecule is C/C(=C/CNCC(C)CCO)C(=O)O. The highest BCUT2D eigenvalue weighted by Gasteiger charge is 2.00. The fourth-order valence-corrected chi connectivity index (χ4v) is 0.965. The normalized spacial score (nSPS) is 14.1. The molecule has 0 amide bonds. The molecule has 0 radical (unpaired) electrons. The standard InChI is InChI=1S/C10H19NO3/c1-8(4-6-12)7-11-5-3-9(2)10(13)14/h3,8,11-12H,4-7H2,1-2H3,(H,13,14)/b9-3-. The molecule has 4 nitrogen and oxygen atoms in total. The molecule has 0 rings (SSSR count). The van der Waals surface area contributed by atoms with Gasteiger partial charge in [0.25, 0.3) is 0 Å². The zero-order valence-corrected chi connectivity index (χ0v) is 8.79. The van der Waals surface area contributed by atoms with Crippen molar-refractivity contribution >= 4 is 5.97 Å². The summed E-state index contributed by atoms with van der Waals surface area (Å²) in [5, 5.41) is 20.3. The summed E-state index contributed by atoms with van der Waals surface area (Å²) in [6, 6.07) is 0. The first-order valence-electron chi connectivity index (χ1n) is 4.79. The van der Waals surface area contributed by atoms with Gasteiger partial charge in [0.2, 0.25) is 0 Å². The molecule has 0 aliphatic heterocycles. The van der Waals surface area contributed by atoms with Crippen molar-refractivity contribution in [3.05, 3.63) is 11.6 Å². The van der Waals surface area contributed by atoms with Gasteiger partial charge in [-0.05, 0) is 25.8 Å². The minimum Gasteiger partial charge on any atom is -0.478 e. The van der Waals surface area contributed by atoms with Gasteiger partial charge in [-0.25, -0.2) is 4.79 Å². The summed E-state index contributed by atoms with van der Waals surface area (Å²) >= 11 is 0. The molecule has 0 aromatic carbocycles. The van der Waals surface area contributed by atoms with Gasteiger partial charge in [0.05, 0.1) is 0 Å². The quantitative estimate of drug-likeness (QED) is 0.417. The van der Waals surface area contributed by atoms with Gasteiger partial charge in [-0.15, -0.1) is 0 Å². The smallest absolute Gasteiger partial charge is 0.330 e. The van der Waals surface area contributed by atoms with Gasteiger partial charge in [-0.3, -0.25) is 0 Å². The van der Waals surface area contributed by atoms with Crippen LogP contribution in [0.1, 0.15) is 20.3 Å². The zero-order chi connectivity index (χ0) is 11.0. The average Bonchev–Trinajstić information content (AvgIpc) is 2.12. The Balaban J connectivity index is 3.55. The zero-order valence-electron chi connectivity index (χ0n) is 8.79. The lowest BCUT2D eigenvalue weighted by Crippen LogP contribution is -2.22. The van der Waals surface area contributed by atoms with Crippen LogP contribution in [-0.4, -0.2) is 35.9 Å². The van der Waals surface area contributed by atoms with Gasteiger partial charge in [0.15, 0.2) is 0 Å². The second-order valence-corrected chi connectivity index (χ2v) is 3.47. The largest absolute Gasteiger partial charge is 0.478 e. The van der Waals surface area contributed by atoms with Crippen LogP contribution >= 0.6 is 0 Å². The highest BCUT2D eigenvalue weighted by molar-refractivity contribution is 5.85. The maximum absolute atomic E-state index is 10.4. The van der Waals surface area contributed by atoms with E-state index in [1.807, 2.05) is 6.92 Å². The first kappa shape index (κ1) is 13.1.